The maximum absolute atomic E-state index is 11.1. The fourth-order valence-electron chi connectivity index (χ4n) is 3.45. The van der Waals surface area contributed by atoms with Crippen molar-refractivity contribution in [3.8, 4) is 5.75 Å². The number of ether oxygens (including phenoxy) is 1. The molecule has 3 rings (SSSR count). The number of aliphatic hydroxyl groups is 1. The molecule has 0 radical (unpaired) electrons. The van der Waals surface area contributed by atoms with Gasteiger partial charge in [0.15, 0.2) is 0 Å². The van der Waals surface area contributed by atoms with Crippen molar-refractivity contribution in [2.45, 2.75) is 30.9 Å². The lowest BCUT2D eigenvalue weighted by atomic mass is 9.84. The second kappa shape index (κ2) is 4.41. The van der Waals surface area contributed by atoms with Crippen molar-refractivity contribution in [3.63, 3.8) is 0 Å². The average molecular weight is 268 g/mol. The minimum absolute atomic E-state index is 0.213. The molecule has 0 spiro atoms. The summed E-state index contributed by atoms with van der Waals surface area (Å²) in [5, 5.41) is 11.7. The average Bonchev–Trinajstić information content (AvgIpc) is 2.94. The summed E-state index contributed by atoms with van der Waals surface area (Å²) >= 11 is 6.08. The Balaban J connectivity index is 2.05. The topological polar surface area (TPSA) is 32.7 Å². The third-order valence-electron chi connectivity index (χ3n) is 4.32. The number of nitrogens with zero attached hydrogens (tertiary/aromatic N) is 1. The van der Waals surface area contributed by atoms with Gasteiger partial charge in [-0.2, -0.15) is 0 Å². The summed E-state index contributed by atoms with van der Waals surface area (Å²) in [6, 6.07) is 5.70. The Morgan fingerprint density at radius 3 is 3.06 bits per heavy atom. The highest BCUT2D eigenvalue weighted by molar-refractivity contribution is 6.30. The van der Waals surface area contributed by atoms with Crippen molar-refractivity contribution in [1.82, 2.24) is 4.90 Å². The molecule has 1 aromatic carbocycles. The van der Waals surface area contributed by atoms with Crippen molar-refractivity contribution in [2.75, 3.05) is 20.2 Å². The lowest BCUT2D eigenvalue weighted by Gasteiger charge is -2.31. The monoisotopic (exact) mass is 267 g/mol. The summed E-state index contributed by atoms with van der Waals surface area (Å²) in [7, 11) is 1.64. The molecule has 2 atom stereocenters. The van der Waals surface area contributed by atoms with Crippen LogP contribution in [-0.2, 0) is 5.60 Å². The van der Waals surface area contributed by atoms with E-state index in [4.69, 9.17) is 16.3 Å². The van der Waals surface area contributed by atoms with Gasteiger partial charge in [-0.3, -0.25) is 4.90 Å². The van der Waals surface area contributed by atoms with E-state index in [0.29, 0.717) is 5.02 Å². The van der Waals surface area contributed by atoms with Crippen LogP contribution in [-0.4, -0.2) is 36.2 Å². The molecule has 1 aromatic rings. The first-order valence-electron chi connectivity index (χ1n) is 6.45. The molecule has 2 heterocycles. The van der Waals surface area contributed by atoms with Crippen LogP contribution in [0.4, 0.5) is 0 Å². The van der Waals surface area contributed by atoms with E-state index >= 15 is 0 Å². The van der Waals surface area contributed by atoms with Gasteiger partial charge in [0.2, 0.25) is 0 Å². The highest BCUT2D eigenvalue weighted by atomic mass is 35.5. The van der Waals surface area contributed by atoms with Crippen LogP contribution in [0.5, 0.6) is 5.75 Å². The van der Waals surface area contributed by atoms with E-state index in [2.05, 4.69) is 4.90 Å². The smallest absolute Gasteiger partial charge is 0.125 e. The predicted molar refractivity (Wildman–Crippen MR) is 71.1 cm³/mol. The van der Waals surface area contributed by atoms with Gasteiger partial charge in [-0.05, 0) is 44.0 Å². The first-order chi connectivity index (χ1) is 8.65. The van der Waals surface area contributed by atoms with Crippen LogP contribution < -0.4 is 4.74 Å². The third-order valence-corrected chi connectivity index (χ3v) is 4.56. The van der Waals surface area contributed by atoms with Crippen LogP contribution in [0.25, 0.3) is 0 Å². The fraction of sp³-hybridized carbons (Fsp3) is 0.571. The first-order valence-corrected chi connectivity index (χ1v) is 6.83. The van der Waals surface area contributed by atoms with Crippen LogP contribution in [0.2, 0.25) is 5.02 Å². The third kappa shape index (κ3) is 1.73. The van der Waals surface area contributed by atoms with E-state index < -0.39 is 5.60 Å². The Hall–Kier alpha value is -0.770. The highest BCUT2D eigenvalue weighted by Crippen LogP contribution is 2.46. The molecule has 0 saturated carbocycles. The molecule has 0 amide bonds. The van der Waals surface area contributed by atoms with Gasteiger partial charge in [-0.15, -0.1) is 0 Å². The molecule has 98 valence electrons. The predicted octanol–water partition coefficient (Wildman–Crippen LogP) is 2.40. The van der Waals surface area contributed by atoms with Gasteiger partial charge in [-0.1, -0.05) is 11.6 Å². The summed E-state index contributed by atoms with van der Waals surface area (Å²) in [5.74, 6) is 0.732. The van der Waals surface area contributed by atoms with Crippen LogP contribution in [0, 0.1) is 0 Å². The van der Waals surface area contributed by atoms with Crippen LogP contribution >= 0.6 is 11.6 Å². The van der Waals surface area contributed by atoms with E-state index in [-0.39, 0.29) is 6.04 Å². The van der Waals surface area contributed by atoms with Crippen molar-refractivity contribution in [1.29, 1.82) is 0 Å². The molecule has 1 N–H and O–H groups in total. The molecule has 2 fully saturated rings. The van der Waals surface area contributed by atoms with E-state index in [1.807, 2.05) is 12.1 Å². The molecule has 4 heteroatoms. The number of methoxy groups -OCH3 is 1. The summed E-state index contributed by atoms with van der Waals surface area (Å²) in [6.07, 6.45) is 2.97. The molecule has 18 heavy (non-hydrogen) atoms. The quantitative estimate of drug-likeness (QED) is 0.893. The first kappa shape index (κ1) is 12.3. The van der Waals surface area contributed by atoms with Gasteiger partial charge in [0, 0.05) is 23.2 Å². The standard InChI is InChI=1S/C14H18ClNO2/c1-18-12-5-4-10(15)9-11(12)14(17)6-8-16-7-2-3-13(14)16/h4-5,9,13,17H,2-3,6-8H2,1H3. The van der Waals surface area contributed by atoms with Gasteiger partial charge >= 0.3 is 0 Å². The normalized spacial score (nSPS) is 31.6. The SMILES string of the molecule is COc1ccc(Cl)cc1C1(O)CCN2CCCC21. The molecule has 2 saturated heterocycles. The fourth-order valence-corrected chi connectivity index (χ4v) is 3.62. The number of fused-ring (bicyclic) bond motifs is 1. The van der Waals surface area contributed by atoms with Gasteiger partial charge in [-0.25, -0.2) is 0 Å². The largest absolute Gasteiger partial charge is 0.496 e. The van der Waals surface area contributed by atoms with E-state index in [1.54, 1.807) is 13.2 Å². The van der Waals surface area contributed by atoms with Gasteiger partial charge < -0.3 is 9.84 Å². The zero-order valence-corrected chi connectivity index (χ0v) is 11.3. The zero-order chi connectivity index (χ0) is 12.8. The van der Waals surface area contributed by atoms with Crippen molar-refractivity contribution >= 4 is 11.6 Å². The summed E-state index contributed by atoms with van der Waals surface area (Å²) < 4.78 is 5.39. The van der Waals surface area contributed by atoms with E-state index in [0.717, 1.165) is 43.7 Å². The van der Waals surface area contributed by atoms with Gasteiger partial charge in [0.05, 0.1) is 7.11 Å². The molecule has 2 aliphatic rings. The Morgan fingerprint density at radius 2 is 2.28 bits per heavy atom. The molecular weight excluding hydrogens is 250 g/mol. The Bertz CT molecular complexity index is 465. The molecular formula is C14H18ClNO2. The molecule has 2 aliphatic heterocycles. The number of hydrogen-bond acceptors (Lipinski definition) is 3. The minimum atomic E-state index is -0.813. The van der Waals surface area contributed by atoms with Crippen LogP contribution in [0.1, 0.15) is 24.8 Å². The summed E-state index contributed by atoms with van der Waals surface area (Å²) in [5.41, 5.74) is 0.0270. The van der Waals surface area contributed by atoms with Crippen LogP contribution in [0.3, 0.4) is 0 Å². The van der Waals surface area contributed by atoms with Crippen molar-refractivity contribution < 1.29 is 9.84 Å². The Morgan fingerprint density at radius 1 is 1.44 bits per heavy atom. The van der Waals surface area contributed by atoms with Crippen molar-refractivity contribution in [3.05, 3.63) is 28.8 Å². The molecule has 0 bridgehead atoms. The van der Waals surface area contributed by atoms with Gasteiger partial charge in [0.25, 0.3) is 0 Å². The zero-order valence-electron chi connectivity index (χ0n) is 10.5. The second-order valence-corrected chi connectivity index (χ2v) is 5.65. The summed E-state index contributed by atoms with van der Waals surface area (Å²) in [6.45, 7) is 2.05. The number of benzene rings is 1. The van der Waals surface area contributed by atoms with Crippen LogP contribution in [0.15, 0.2) is 18.2 Å². The second-order valence-electron chi connectivity index (χ2n) is 5.21. The number of hydrogen-bond donors (Lipinski definition) is 1. The summed E-state index contributed by atoms with van der Waals surface area (Å²) in [4.78, 5) is 2.38. The maximum atomic E-state index is 11.1. The van der Waals surface area contributed by atoms with E-state index in [9.17, 15) is 5.11 Å². The van der Waals surface area contributed by atoms with Crippen molar-refractivity contribution in [2.24, 2.45) is 0 Å². The number of rotatable bonds is 2. The molecule has 3 nitrogen and oxygen atoms in total. The lowest BCUT2D eigenvalue weighted by Crippen LogP contribution is -2.39. The lowest BCUT2D eigenvalue weighted by molar-refractivity contribution is 0.00737. The molecule has 0 aromatic heterocycles. The van der Waals surface area contributed by atoms with Gasteiger partial charge in [0.1, 0.15) is 11.4 Å². The highest BCUT2D eigenvalue weighted by Gasteiger charge is 2.50. The Labute approximate surface area is 112 Å². The number of halogens is 1. The van der Waals surface area contributed by atoms with E-state index in [1.165, 1.54) is 0 Å². The molecule has 0 aliphatic carbocycles. The Kier molecular flexibility index (Phi) is 3.00. The minimum Gasteiger partial charge on any atom is -0.496 e. The maximum Gasteiger partial charge on any atom is 0.125 e. The molecule has 2 unspecified atom stereocenters.